The number of carbonyl (C=O) groups is 1. The summed E-state index contributed by atoms with van der Waals surface area (Å²) in [4.78, 5) is 10.7. The SMILES string of the molecule is Cc1ccc(C(F)(F)F)cc1NCc1cc(C(=O)O)co1. The molecule has 0 aliphatic heterocycles. The van der Waals surface area contributed by atoms with Crippen LogP contribution in [-0.2, 0) is 12.7 Å². The van der Waals surface area contributed by atoms with Gasteiger partial charge in [-0.1, -0.05) is 6.07 Å². The maximum absolute atomic E-state index is 12.6. The molecular weight excluding hydrogens is 287 g/mol. The third kappa shape index (κ3) is 3.56. The number of carboxylic acids is 1. The number of furan rings is 1. The predicted molar refractivity (Wildman–Crippen MR) is 69.2 cm³/mol. The van der Waals surface area contributed by atoms with E-state index in [2.05, 4.69) is 5.32 Å². The van der Waals surface area contributed by atoms with E-state index in [-0.39, 0.29) is 12.1 Å². The summed E-state index contributed by atoms with van der Waals surface area (Å²) in [5, 5.41) is 11.6. The van der Waals surface area contributed by atoms with E-state index >= 15 is 0 Å². The van der Waals surface area contributed by atoms with Gasteiger partial charge in [0.25, 0.3) is 0 Å². The van der Waals surface area contributed by atoms with Crippen molar-refractivity contribution in [3.05, 3.63) is 53.0 Å². The average Bonchev–Trinajstić information content (AvgIpc) is 2.85. The Morgan fingerprint density at radius 1 is 1.33 bits per heavy atom. The molecule has 0 spiro atoms. The fraction of sp³-hybridized carbons (Fsp3) is 0.214. The van der Waals surface area contributed by atoms with Crippen LogP contribution in [0.25, 0.3) is 0 Å². The Morgan fingerprint density at radius 2 is 2.05 bits per heavy atom. The Labute approximate surface area is 118 Å². The minimum Gasteiger partial charge on any atom is -0.478 e. The molecule has 0 bridgehead atoms. The minimum absolute atomic E-state index is 0.00689. The molecule has 0 amide bonds. The van der Waals surface area contributed by atoms with Crippen molar-refractivity contribution in [2.24, 2.45) is 0 Å². The second kappa shape index (κ2) is 5.51. The van der Waals surface area contributed by atoms with Crippen LogP contribution in [0.4, 0.5) is 18.9 Å². The second-order valence-electron chi connectivity index (χ2n) is 4.49. The number of hydrogen-bond acceptors (Lipinski definition) is 3. The molecule has 0 saturated heterocycles. The van der Waals surface area contributed by atoms with E-state index in [0.29, 0.717) is 17.0 Å². The molecule has 1 aromatic heterocycles. The predicted octanol–water partition coefficient (Wildman–Crippen LogP) is 3.92. The Kier molecular flexibility index (Phi) is 3.93. The van der Waals surface area contributed by atoms with Crippen molar-refractivity contribution >= 4 is 11.7 Å². The maximum Gasteiger partial charge on any atom is 0.416 e. The molecule has 2 rings (SSSR count). The summed E-state index contributed by atoms with van der Waals surface area (Å²) in [5.74, 6) is -0.801. The number of alkyl halides is 3. The molecule has 0 saturated carbocycles. The Balaban J connectivity index is 2.13. The molecule has 112 valence electrons. The molecule has 21 heavy (non-hydrogen) atoms. The van der Waals surface area contributed by atoms with Crippen LogP contribution in [0.5, 0.6) is 0 Å². The van der Waals surface area contributed by atoms with Gasteiger partial charge in [-0.2, -0.15) is 13.2 Å². The summed E-state index contributed by atoms with van der Waals surface area (Å²) in [7, 11) is 0. The topological polar surface area (TPSA) is 62.5 Å². The van der Waals surface area contributed by atoms with Gasteiger partial charge in [0.1, 0.15) is 12.0 Å². The maximum atomic E-state index is 12.6. The number of benzene rings is 1. The van der Waals surface area contributed by atoms with Crippen LogP contribution >= 0.6 is 0 Å². The first-order valence-corrected chi connectivity index (χ1v) is 6.00. The van der Waals surface area contributed by atoms with Crippen LogP contribution in [0, 0.1) is 6.92 Å². The standard InChI is InChI=1S/C14H12F3NO3/c1-8-2-3-10(14(15,16)17)5-12(8)18-6-11-4-9(7-21-11)13(19)20/h2-5,7,18H,6H2,1H3,(H,19,20). The molecular formula is C14H12F3NO3. The lowest BCUT2D eigenvalue weighted by Gasteiger charge is -2.12. The third-order valence-corrected chi connectivity index (χ3v) is 2.92. The van der Waals surface area contributed by atoms with Crippen LogP contribution in [0.2, 0.25) is 0 Å². The van der Waals surface area contributed by atoms with Gasteiger partial charge in [-0.05, 0) is 30.7 Å². The number of aromatic carboxylic acids is 1. The number of aryl methyl sites for hydroxylation is 1. The highest BCUT2D eigenvalue weighted by Gasteiger charge is 2.30. The van der Waals surface area contributed by atoms with Gasteiger partial charge in [-0.25, -0.2) is 4.79 Å². The van der Waals surface area contributed by atoms with Gasteiger partial charge in [-0.3, -0.25) is 0 Å². The summed E-state index contributed by atoms with van der Waals surface area (Å²) < 4.78 is 42.9. The van der Waals surface area contributed by atoms with Crippen LogP contribution in [0.1, 0.15) is 27.2 Å². The van der Waals surface area contributed by atoms with Crippen molar-refractivity contribution in [2.75, 3.05) is 5.32 Å². The first kappa shape index (κ1) is 15.0. The number of rotatable bonds is 4. The lowest BCUT2D eigenvalue weighted by atomic mass is 10.1. The van der Waals surface area contributed by atoms with Gasteiger partial charge in [0.15, 0.2) is 0 Å². The molecule has 0 aliphatic rings. The van der Waals surface area contributed by atoms with Gasteiger partial charge in [0, 0.05) is 5.69 Å². The van der Waals surface area contributed by atoms with E-state index in [9.17, 15) is 18.0 Å². The van der Waals surface area contributed by atoms with Crippen LogP contribution in [0.3, 0.4) is 0 Å². The Bertz CT molecular complexity index is 662. The van der Waals surface area contributed by atoms with Crippen molar-refractivity contribution in [3.63, 3.8) is 0 Å². The first-order chi connectivity index (χ1) is 9.77. The number of carboxylic acid groups (broad SMARTS) is 1. The number of nitrogens with one attached hydrogen (secondary N) is 1. The summed E-state index contributed by atoms with van der Waals surface area (Å²) >= 11 is 0. The van der Waals surface area contributed by atoms with E-state index in [1.54, 1.807) is 6.92 Å². The fourth-order valence-electron chi connectivity index (χ4n) is 1.76. The highest BCUT2D eigenvalue weighted by molar-refractivity contribution is 5.87. The summed E-state index contributed by atoms with van der Waals surface area (Å²) in [6, 6.07) is 4.71. The highest BCUT2D eigenvalue weighted by Crippen LogP contribution is 2.32. The molecule has 2 N–H and O–H groups in total. The van der Waals surface area contributed by atoms with Crippen molar-refractivity contribution in [1.82, 2.24) is 0 Å². The number of hydrogen-bond donors (Lipinski definition) is 2. The van der Waals surface area contributed by atoms with Gasteiger partial charge < -0.3 is 14.8 Å². The zero-order chi connectivity index (χ0) is 15.6. The van der Waals surface area contributed by atoms with E-state index < -0.39 is 17.7 Å². The lowest BCUT2D eigenvalue weighted by Crippen LogP contribution is -2.07. The molecule has 2 aromatic rings. The molecule has 0 unspecified atom stereocenters. The number of anilines is 1. The zero-order valence-electron chi connectivity index (χ0n) is 11.0. The van der Waals surface area contributed by atoms with Crippen LogP contribution in [-0.4, -0.2) is 11.1 Å². The molecule has 0 radical (unpaired) electrons. The zero-order valence-corrected chi connectivity index (χ0v) is 11.0. The normalized spacial score (nSPS) is 11.4. The lowest BCUT2D eigenvalue weighted by molar-refractivity contribution is -0.137. The molecule has 7 heteroatoms. The smallest absolute Gasteiger partial charge is 0.416 e. The van der Waals surface area contributed by atoms with E-state index in [0.717, 1.165) is 18.4 Å². The average molecular weight is 299 g/mol. The van der Waals surface area contributed by atoms with Gasteiger partial charge >= 0.3 is 12.1 Å². The van der Waals surface area contributed by atoms with E-state index in [1.807, 2.05) is 0 Å². The van der Waals surface area contributed by atoms with E-state index in [4.69, 9.17) is 9.52 Å². The molecule has 0 fully saturated rings. The van der Waals surface area contributed by atoms with Crippen molar-refractivity contribution in [3.8, 4) is 0 Å². The molecule has 0 aliphatic carbocycles. The first-order valence-electron chi connectivity index (χ1n) is 6.00. The summed E-state index contributed by atoms with van der Waals surface area (Å²) in [6.07, 6.45) is -3.33. The van der Waals surface area contributed by atoms with E-state index in [1.165, 1.54) is 12.1 Å². The van der Waals surface area contributed by atoms with Crippen LogP contribution in [0.15, 0.2) is 34.9 Å². The monoisotopic (exact) mass is 299 g/mol. The Hall–Kier alpha value is -2.44. The molecule has 1 aromatic carbocycles. The quantitative estimate of drug-likeness (QED) is 0.898. The minimum atomic E-state index is -4.41. The third-order valence-electron chi connectivity index (χ3n) is 2.92. The largest absolute Gasteiger partial charge is 0.478 e. The summed E-state index contributed by atoms with van der Waals surface area (Å²) in [5.41, 5.74) is 0.208. The van der Waals surface area contributed by atoms with Crippen molar-refractivity contribution in [2.45, 2.75) is 19.6 Å². The highest BCUT2D eigenvalue weighted by atomic mass is 19.4. The van der Waals surface area contributed by atoms with Gasteiger partial charge in [0.05, 0.1) is 17.7 Å². The Morgan fingerprint density at radius 3 is 2.62 bits per heavy atom. The second-order valence-corrected chi connectivity index (χ2v) is 4.49. The van der Waals surface area contributed by atoms with Crippen molar-refractivity contribution < 1.29 is 27.5 Å². The number of halogens is 3. The molecule has 4 nitrogen and oxygen atoms in total. The van der Waals surface area contributed by atoms with Crippen LogP contribution < -0.4 is 5.32 Å². The molecule has 0 atom stereocenters. The fourth-order valence-corrected chi connectivity index (χ4v) is 1.76. The summed E-state index contributed by atoms with van der Waals surface area (Å²) in [6.45, 7) is 1.77. The van der Waals surface area contributed by atoms with Gasteiger partial charge in [-0.15, -0.1) is 0 Å². The van der Waals surface area contributed by atoms with Gasteiger partial charge in [0.2, 0.25) is 0 Å². The van der Waals surface area contributed by atoms with Crippen molar-refractivity contribution in [1.29, 1.82) is 0 Å². The molecule has 1 heterocycles.